The van der Waals surface area contributed by atoms with Gasteiger partial charge in [0, 0.05) is 0 Å². The number of carbonyl (C=O) groups excluding carboxylic acids is 1. The quantitative estimate of drug-likeness (QED) is 0.707. The van der Waals surface area contributed by atoms with Crippen molar-refractivity contribution in [2.24, 2.45) is 5.92 Å². The van der Waals surface area contributed by atoms with Crippen LogP contribution in [0.2, 0.25) is 0 Å². The molecule has 0 aromatic heterocycles. The Morgan fingerprint density at radius 1 is 1.29 bits per heavy atom. The highest BCUT2D eigenvalue weighted by atomic mass is 32.2. The van der Waals surface area contributed by atoms with Gasteiger partial charge in [-0.15, -0.1) is 0 Å². The molecule has 0 unspecified atom stereocenters. The molecule has 1 atom stereocenters. The molecule has 1 aromatic carbocycles. The minimum Gasteiger partial charge on any atom is -0.333 e. The number of hydrogen-bond acceptors (Lipinski definition) is 4. The fraction of sp³-hybridized carbons (Fsp3) is 0.600. The zero-order chi connectivity index (χ0) is 21.1. The molecule has 1 aromatic rings. The molecule has 1 amide bonds. The molecule has 0 radical (unpaired) electrons. The first kappa shape index (κ1) is 22.3. The van der Waals surface area contributed by atoms with Crippen LogP contribution < -0.4 is 10.2 Å². The number of nitrogens with one attached hydrogen (secondary N) is 2. The third-order valence-electron chi connectivity index (χ3n) is 5.74. The van der Waals surface area contributed by atoms with Crippen LogP contribution >= 0.6 is 0 Å². The number of rotatable bonds is 6. The van der Waals surface area contributed by atoms with Crippen LogP contribution in [0.1, 0.15) is 31.9 Å². The molecule has 154 valence electrons. The number of carbonyl (C=O) groups is 1. The lowest BCUT2D eigenvalue weighted by Crippen LogP contribution is -3.16. The lowest BCUT2D eigenvalue weighted by molar-refractivity contribution is -0.895. The Morgan fingerprint density at radius 3 is 2.39 bits per heavy atom. The Kier molecular flexibility index (Phi) is 6.86. The molecule has 0 spiro atoms. The Morgan fingerprint density at radius 2 is 1.89 bits per heavy atom. The molecule has 1 heterocycles. The number of nitriles is 1. The molecule has 1 fully saturated rings. The van der Waals surface area contributed by atoms with Gasteiger partial charge in [-0.2, -0.15) is 9.57 Å². The number of sulfonamides is 1. The maximum atomic E-state index is 12.9. The summed E-state index contributed by atoms with van der Waals surface area (Å²) in [6.07, 6.45) is 0. The van der Waals surface area contributed by atoms with Crippen LogP contribution in [0.25, 0.3) is 0 Å². The van der Waals surface area contributed by atoms with Gasteiger partial charge in [-0.3, -0.25) is 4.79 Å². The predicted octanol–water partition coefficient (Wildman–Crippen LogP) is 0.247. The van der Waals surface area contributed by atoms with E-state index in [2.05, 4.69) is 11.4 Å². The number of hydrogen-bond donors (Lipinski definition) is 2. The maximum absolute atomic E-state index is 12.9. The van der Waals surface area contributed by atoms with Crippen molar-refractivity contribution in [2.75, 3.05) is 32.7 Å². The second-order valence-electron chi connectivity index (χ2n) is 8.09. The number of nitrogens with zero attached hydrogens (tertiary/aromatic N) is 2. The van der Waals surface area contributed by atoms with Crippen molar-refractivity contribution >= 4 is 15.9 Å². The van der Waals surface area contributed by atoms with E-state index in [9.17, 15) is 18.5 Å². The fourth-order valence-electron chi connectivity index (χ4n) is 3.11. The van der Waals surface area contributed by atoms with Gasteiger partial charge < -0.3 is 10.2 Å². The minimum absolute atomic E-state index is 0.00333. The lowest BCUT2D eigenvalue weighted by atomic mass is 9.90. The van der Waals surface area contributed by atoms with Gasteiger partial charge in [-0.25, -0.2) is 8.42 Å². The first-order chi connectivity index (χ1) is 13.0. The SMILES string of the molecule is Cc1ccc(S(=O)(=O)N2CC[NH+](CC(=O)N[C@](C)(C#N)C(C)C)CC2)cc1C. The zero-order valence-electron chi connectivity index (χ0n) is 17.4. The van der Waals surface area contributed by atoms with E-state index in [1.54, 1.807) is 19.1 Å². The number of benzene rings is 1. The number of aryl methyl sites for hydroxylation is 2. The smallest absolute Gasteiger partial charge is 0.276 e. The molecule has 7 nitrogen and oxygen atoms in total. The molecule has 0 bridgehead atoms. The van der Waals surface area contributed by atoms with Crippen molar-refractivity contribution in [3.63, 3.8) is 0 Å². The average Bonchev–Trinajstić information content (AvgIpc) is 2.63. The highest BCUT2D eigenvalue weighted by Gasteiger charge is 2.34. The number of quaternary nitrogens is 1. The third-order valence-corrected chi connectivity index (χ3v) is 7.64. The van der Waals surface area contributed by atoms with Crippen molar-refractivity contribution in [3.05, 3.63) is 29.3 Å². The topological polar surface area (TPSA) is 94.7 Å². The molecule has 0 saturated carbocycles. The van der Waals surface area contributed by atoms with Gasteiger partial charge in [-0.05, 0) is 49.9 Å². The molecule has 2 N–H and O–H groups in total. The van der Waals surface area contributed by atoms with Gasteiger partial charge in [0.15, 0.2) is 6.54 Å². The Bertz CT molecular complexity index is 868. The first-order valence-corrected chi connectivity index (χ1v) is 11.1. The molecule has 2 rings (SSSR count). The van der Waals surface area contributed by atoms with E-state index >= 15 is 0 Å². The van der Waals surface area contributed by atoms with E-state index < -0.39 is 15.6 Å². The van der Waals surface area contributed by atoms with Crippen LogP contribution in [0.15, 0.2) is 23.1 Å². The van der Waals surface area contributed by atoms with E-state index in [0.29, 0.717) is 31.1 Å². The summed E-state index contributed by atoms with van der Waals surface area (Å²) in [4.78, 5) is 13.7. The van der Waals surface area contributed by atoms with E-state index in [0.717, 1.165) is 16.0 Å². The van der Waals surface area contributed by atoms with Crippen LogP contribution in [0.5, 0.6) is 0 Å². The Balaban J connectivity index is 1.96. The summed E-state index contributed by atoms with van der Waals surface area (Å²) in [7, 11) is -3.52. The summed E-state index contributed by atoms with van der Waals surface area (Å²) in [5.74, 6) is -0.186. The van der Waals surface area contributed by atoms with Gasteiger partial charge in [0.05, 0.1) is 37.1 Å². The molecular formula is C20H31N4O3S+. The summed E-state index contributed by atoms with van der Waals surface area (Å²) < 4.78 is 27.3. The van der Waals surface area contributed by atoms with Crippen molar-refractivity contribution in [3.8, 4) is 6.07 Å². The number of piperazine rings is 1. The normalized spacial score (nSPS) is 18.5. The van der Waals surface area contributed by atoms with Crippen LogP contribution in [-0.4, -0.2) is 56.9 Å². The van der Waals surface area contributed by atoms with Crippen molar-refractivity contribution in [1.29, 1.82) is 5.26 Å². The van der Waals surface area contributed by atoms with Crippen LogP contribution in [0, 0.1) is 31.1 Å². The molecule has 0 aliphatic carbocycles. The molecule has 28 heavy (non-hydrogen) atoms. The maximum Gasteiger partial charge on any atom is 0.276 e. The highest BCUT2D eigenvalue weighted by molar-refractivity contribution is 7.89. The average molecular weight is 408 g/mol. The van der Waals surface area contributed by atoms with Gasteiger partial charge in [0.2, 0.25) is 10.0 Å². The summed E-state index contributed by atoms with van der Waals surface area (Å²) in [6, 6.07) is 7.37. The highest BCUT2D eigenvalue weighted by Crippen LogP contribution is 2.19. The van der Waals surface area contributed by atoms with Crippen LogP contribution in [-0.2, 0) is 14.8 Å². The van der Waals surface area contributed by atoms with Crippen molar-refractivity contribution in [1.82, 2.24) is 9.62 Å². The van der Waals surface area contributed by atoms with Crippen molar-refractivity contribution in [2.45, 2.75) is 45.1 Å². The number of amides is 1. The van der Waals surface area contributed by atoms with Crippen LogP contribution in [0.3, 0.4) is 0 Å². The summed E-state index contributed by atoms with van der Waals surface area (Å²) in [6.45, 7) is 11.5. The van der Waals surface area contributed by atoms with E-state index in [4.69, 9.17) is 0 Å². The van der Waals surface area contributed by atoms with E-state index in [1.807, 2.05) is 33.8 Å². The predicted molar refractivity (Wildman–Crippen MR) is 107 cm³/mol. The lowest BCUT2D eigenvalue weighted by Gasteiger charge is -2.32. The molecule has 1 aliphatic heterocycles. The second kappa shape index (κ2) is 8.60. The Labute approximate surface area is 168 Å². The summed E-state index contributed by atoms with van der Waals surface area (Å²) >= 11 is 0. The van der Waals surface area contributed by atoms with Crippen molar-refractivity contribution < 1.29 is 18.1 Å². The largest absolute Gasteiger partial charge is 0.333 e. The second-order valence-corrected chi connectivity index (χ2v) is 10.0. The van der Waals surface area contributed by atoms with E-state index in [-0.39, 0.29) is 18.4 Å². The summed E-state index contributed by atoms with van der Waals surface area (Å²) in [5.41, 5.74) is 1.11. The molecule has 8 heteroatoms. The standard InChI is InChI=1S/C20H30N4O3S/c1-15(2)20(5,14-21)22-19(25)13-23-8-10-24(11-9-23)28(26,27)18-7-6-16(3)17(4)12-18/h6-7,12,15H,8-11,13H2,1-5H3,(H,22,25)/p+1/t20-/m1/s1. The zero-order valence-corrected chi connectivity index (χ0v) is 18.2. The first-order valence-electron chi connectivity index (χ1n) is 9.63. The fourth-order valence-corrected chi connectivity index (χ4v) is 4.63. The van der Waals surface area contributed by atoms with Gasteiger partial charge in [0.1, 0.15) is 5.54 Å². The molecular weight excluding hydrogens is 376 g/mol. The molecule has 1 aliphatic rings. The van der Waals surface area contributed by atoms with Gasteiger partial charge in [-0.1, -0.05) is 19.9 Å². The minimum atomic E-state index is -3.52. The van der Waals surface area contributed by atoms with Gasteiger partial charge in [0.25, 0.3) is 5.91 Å². The van der Waals surface area contributed by atoms with Gasteiger partial charge >= 0.3 is 0 Å². The monoisotopic (exact) mass is 407 g/mol. The van der Waals surface area contributed by atoms with Crippen LogP contribution in [0.4, 0.5) is 0 Å². The Hall–Kier alpha value is -1.95. The third kappa shape index (κ3) is 4.90. The summed E-state index contributed by atoms with van der Waals surface area (Å²) in [5, 5.41) is 12.2. The molecule has 1 saturated heterocycles. The van der Waals surface area contributed by atoms with E-state index in [1.165, 1.54) is 4.31 Å².